The highest BCUT2D eigenvalue weighted by Crippen LogP contribution is 2.36. The van der Waals surface area contributed by atoms with Crippen LogP contribution in [0.5, 0.6) is 5.75 Å². The van der Waals surface area contributed by atoms with Gasteiger partial charge in [0.05, 0.1) is 33.6 Å². The van der Waals surface area contributed by atoms with E-state index in [0.717, 1.165) is 23.5 Å². The molecule has 10 nitrogen and oxygen atoms in total. The highest BCUT2D eigenvalue weighted by atomic mass is 32.2. The molecular formula is C20H19FN4O6S2. The number of aromatic nitrogens is 1. The van der Waals surface area contributed by atoms with Crippen LogP contribution in [0, 0.1) is 21.8 Å². The molecule has 2 heterocycles. The summed E-state index contributed by atoms with van der Waals surface area (Å²) >= 11 is 1.06. The molecule has 174 valence electrons. The van der Waals surface area contributed by atoms with Gasteiger partial charge in [0.2, 0.25) is 15.9 Å². The van der Waals surface area contributed by atoms with Gasteiger partial charge in [-0.15, -0.1) is 0 Å². The van der Waals surface area contributed by atoms with Gasteiger partial charge in [0.15, 0.2) is 10.9 Å². The number of methoxy groups -OCH3 is 1. The summed E-state index contributed by atoms with van der Waals surface area (Å²) < 4.78 is 45.8. The molecule has 1 N–H and O–H groups in total. The molecule has 0 bridgehead atoms. The van der Waals surface area contributed by atoms with Crippen LogP contribution in [-0.4, -0.2) is 48.7 Å². The van der Waals surface area contributed by atoms with Crippen LogP contribution in [0.1, 0.15) is 12.8 Å². The van der Waals surface area contributed by atoms with Crippen LogP contribution in [0.25, 0.3) is 10.2 Å². The number of rotatable bonds is 6. The van der Waals surface area contributed by atoms with Crippen molar-refractivity contribution in [1.82, 2.24) is 9.29 Å². The third-order valence-corrected chi connectivity index (χ3v) is 8.11. The molecule has 33 heavy (non-hydrogen) atoms. The van der Waals surface area contributed by atoms with E-state index in [9.17, 15) is 27.7 Å². The van der Waals surface area contributed by atoms with Gasteiger partial charge in [-0.05, 0) is 37.1 Å². The zero-order chi connectivity index (χ0) is 23.8. The summed E-state index contributed by atoms with van der Waals surface area (Å²) in [5, 5.41) is 14.0. The number of benzene rings is 2. The number of sulfonamides is 1. The Morgan fingerprint density at radius 3 is 2.73 bits per heavy atom. The molecule has 1 fully saturated rings. The number of amides is 1. The number of anilines is 1. The Labute approximate surface area is 192 Å². The molecule has 1 unspecified atom stereocenters. The zero-order valence-corrected chi connectivity index (χ0v) is 19.0. The number of carbonyl (C=O) groups excluding carboxylic acids is 1. The zero-order valence-electron chi connectivity index (χ0n) is 17.4. The quantitative estimate of drug-likeness (QED) is 0.410. The van der Waals surface area contributed by atoms with Crippen molar-refractivity contribution in [2.75, 3.05) is 25.5 Å². The number of carbonyl (C=O) groups is 1. The minimum Gasteiger partial charge on any atom is -0.494 e. The van der Waals surface area contributed by atoms with E-state index in [1.54, 1.807) is 0 Å². The first kappa shape index (κ1) is 23.0. The summed E-state index contributed by atoms with van der Waals surface area (Å²) in [5.41, 5.74) is 0.224. The van der Waals surface area contributed by atoms with E-state index in [0.29, 0.717) is 23.1 Å². The molecule has 0 radical (unpaired) electrons. The summed E-state index contributed by atoms with van der Waals surface area (Å²) in [6.07, 6.45) is 0.972. The van der Waals surface area contributed by atoms with Gasteiger partial charge in [-0.25, -0.2) is 17.8 Å². The lowest BCUT2D eigenvalue weighted by Gasteiger charge is -2.31. The van der Waals surface area contributed by atoms with E-state index in [4.69, 9.17) is 4.74 Å². The fourth-order valence-corrected chi connectivity index (χ4v) is 6.08. The standard InChI is InChI=1S/C20H19FN4O6S2/c1-31-16-9-14(25(27)28)10-17-18(16)22-20(32-17)23-19(26)12-3-2-8-24(11-12)33(29,30)15-6-4-13(21)5-7-15/h4-7,9-10,12H,2-3,8,11H2,1H3,(H,22,23,26). The molecule has 0 saturated carbocycles. The maximum Gasteiger partial charge on any atom is 0.274 e. The number of nitrogens with zero attached hydrogens (tertiary/aromatic N) is 3. The summed E-state index contributed by atoms with van der Waals surface area (Å²) in [6.45, 7) is 0.233. The number of ether oxygens (including phenoxy) is 1. The van der Waals surface area contributed by atoms with Crippen molar-refractivity contribution in [2.24, 2.45) is 5.92 Å². The molecule has 0 spiro atoms. The number of nitro benzene ring substituents is 1. The molecule has 1 aromatic heterocycles. The largest absolute Gasteiger partial charge is 0.494 e. The van der Waals surface area contributed by atoms with Crippen LogP contribution in [0.15, 0.2) is 41.3 Å². The smallest absolute Gasteiger partial charge is 0.274 e. The fourth-order valence-electron chi connectivity index (χ4n) is 3.64. The number of non-ortho nitro benzene ring substituents is 1. The SMILES string of the molecule is COc1cc([N+](=O)[O-])cc2sc(NC(=O)C3CCCN(S(=O)(=O)c4ccc(F)cc4)C3)nc12. The van der Waals surface area contributed by atoms with Gasteiger partial charge in [0, 0.05) is 19.2 Å². The number of hydrogen-bond donors (Lipinski definition) is 1. The average molecular weight is 495 g/mol. The summed E-state index contributed by atoms with van der Waals surface area (Å²) in [7, 11) is -2.50. The first-order valence-corrected chi connectivity index (χ1v) is 12.1. The molecule has 1 amide bonds. The van der Waals surface area contributed by atoms with Gasteiger partial charge in [0.25, 0.3) is 5.69 Å². The normalized spacial score (nSPS) is 17.1. The van der Waals surface area contributed by atoms with Crippen molar-refractivity contribution in [2.45, 2.75) is 17.7 Å². The third kappa shape index (κ3) is 4.65. The first-order chi connectivity index (χ1) is 15.7. The molecule has 0 aliphatic carbocycles. The number of hydrogen-bond acceptors (Lipinski definition) is 8. The molecule has 1 atom stereocenters. The Morgan fingerprint density at radius 2 is 2.06 bits per heavy atom. The van der Waals surface area contributed by atoms with Crippen molar-refractivity contribution in [1.29, 1.82) is 0 Å². The van der Waals surface area contributed by atoms with Crippen molar-refractivity contribution in [3.8, 4) is 5.75 Å². The average Bonchev–Trinajstić information content (AvgIpc) is 3.21. The monoisotopic (exact) mass is 494 g/mol. The molecule has 2 aromatic carbocycles. The van der Waals surface area contributed by atoms with Crippen LogP contribution in [0.4, 0.5) is 15.2 Å². The molecular weight excluding hydrogens is 475 g/mol. The minimum atomic E-state index is -3.87. The second kappa shape index (κ2) is 9.00. The van der Waals surface area contributed by atoms with Gasteiger partial charge < -0.3 is 10.1 Å². The lowest BCUT2D eigenvalue weighted by molar-refractivity contribution is -0.384. The Hall–Kier alpha value is -3.16. The Morgan fingerprint density at radius 1 is 1.33 bits per heavy atom. The number of fused-ring (bicyclic) bond motifs is 1. The van der Waals surface area contributed by atoms with E-state index >= 15 is 0 Å². The van der Waals surface area contributed by atoms with Crippen LogP contribution in [-0.2, 0) is 14.8 Å². The molecule has 1 saturated heterocycles. The molecule has 1 aliphatic heterocycles. The van der Waals surface area contributed by atoms with Gasteiger partial charge in [-0.3, -0.25) is 14.9 Å². The number of nitro groups is 1. The number of nitrogens with one attached hydrogen (secondary N) is 1. The van der Waals surface area contributed by atoms with Crippen molar-refractivity contribution < 1.29 is 27.3 Å². The maximum absolute atomic E-state index is 13.2. The summed E-state index contributed by atoms with van der Waals surface area (Å²) in [6, 6.07) is 7.15. The Balaban J connectivity index is 1.52. The van der Waals surface area contributed by atoms with Crippen LogP contribution >= 0.6 is 11.3 Å². The Kier molecular flexibility index (Phi) is 6.28. The lowest BCUT2D eigenvalue weighted by Crippen LogP contribution is -2.43. The van der Waals surface area contributed by atoms with Gasteiger partial charge in [-0.1, -0.05) is 11.3 Å². The third-order valence-electron chi connectivity index (χ3n) is 5.31. The second-order valence-corrected chi connectivity index (χ2v) is 10.4. The van der Waals surface area contributed by atoms with Crippen molar-refractivity contribution in [3.05, 3.63) is 52.3 Å². The van der Waals surface area contributed by atoms with E-state index in [-0.39, 0.29) is 34.6 Å². The van der Waals surface area contributed by atoms with E-state index < -0.39 is 32.6 Å². The molecule has 13 heteroatoms. The minimum absolute atomic E-state index is 0.0226. The molecule has 3 aromatic rings. The summed E-state index contributed by atoms with van der Waals surface area (Å²) in [5.74, 6) is -1.34. The van der Waals surface area contributed by atoms with Crippen LogP contribution in [0.3, 0.4) is 0 Å². The highest BCUT2D eigenvalue weighted by molar-refractivity contribution is 7.89. The maximum atomic E-state index is 13.2. The second-order valence-electron chi connectivity index (χ2n) is 7.42. The van der Waals surface area contributed by atoms with Crippen LogP contribution < -0.4 is 10.1 Å². The van der Waals surface area contributed by atoms with E-state index in [1.165, 1.54) is 35.7 Å². The number of piperidine rings is 1. The van der Waals surface area contributed by atoms with Crippen molar-refractivity contribution in [3.63, 3.8) is 0 Å². The predicted molar refractivity (Wildman–Crippen MR) is 119 cm³/mol. The lowest BCUT2D eigenvalue weighted by atomic mass is 9.99. The highest BCUT2D eigenvalue weighted by Gasteiger charge is 2.33. The van der Waals surface area contributed by atoms with E-state index in [1.807, 2.05) is 0 Å². The van der Waals surface area contributed by atoms with Gasteiger partial charge >= 0.3 is 0 Å². The Bertz CT molecular complexity index is 1330. The first-order valence-electron chi connectivity index (χ1n) is 9.88. The fraction of sp³-hybridized carbons (Fsp3) is 0.300. The molecule has 4 rings (SSSR count). The summed E-state index contributed by atoms with van der Waals surface area (Å²) in [4.78, 5) is 27.7. The number of thiazole rings is 1. The van der Waals surface area contributed by atoms with Crippen LogP contribution in [0.2, 0.25) is 0 Å². The van der Waals surface area contributed by atoms with Crippen molar-refractivity contribution >= 4 is 48.3 Å². The van der Waals surface area contributed by atoms with E-state index in [2.05, 4.69) is 10.3 Å². The topological polar surface area (TPSA) is 132 Å². The number of halogens is 1. The molecule has 1 aliphatic rings. The van der Waals surface area contributed by atoms with Gasteiger partial charge in [0.1, 0.15) is 11.3 Å². The predicted octanol–water partition coefficient (Wildman–Crippen LogP) is 3.39. The van der Waals surface area contributed by atoms with Gasteiger partial charge in [-0.2, -0.15) is 4.31 Å².